The molecular weight excluding hydrogens is 275 g/mol. The molecule has 20 heavy (non-hydrogen) atoms. The molecule has 2 aromatic rings. The number of ether oxygens (including phenoxy) is 1. The number of Topliss-reactive ketones (excluding diaryl/α,β-unsaturated/α-hetero) is 1. The summed E-state index contributed by atoms with van der Waals surface area (Å²) in [6, 6.07) is 12.4. The van der Waals surface area contributed by atoms with Gasteiger partial charge in [-0.05, 0) is 36.8 Å². The predicted octanol–water partition coefficient (Wildman–Crippen LogP) is 4.33. The zero-order chi connectivity index (χ0) is 14.5. The Hall–Kier alpha value is -1.81. The van der Waals surface area contributed by atoms with Crippen LogP contribution in [-0.2, 0) is 5.75 Å². The van der Waals surface area contributed by atoms with Crippen LogP contribution in [0.1, 0.15) is 22.8 Å². The summed E-state index contributed by atoms with van der Waals surface area (Å²) in [5.74, 6) is 0.575. The molecule has 0 heterocycles. The molecule has 0 saturated heterocycles. The highest BCUT2D eigenvalue weighted by molar-refractivity contribution is 7.98. The lowest BCUT2D eigenvalue weighted by Crippen LogP contribution is -1.92. The van der Waals surface area contributed by atoms with Gasteiger partial charge in [0.1, 0.15) is 0 Å². The molecule has 2 nitrogen and oxygen atoms in total. The fraction of sp³-hybridized carbons (Fsp3) is 0.188. The van der Waals surface area contributed by atoms with Crippen molar-refractivity contribution in [2.45, 2.75) is 17.6 Å². The van der Waals surface area contributed by atoms with Gasteiger partial charge in [-0.15, -0.1) is 11.8 Å². The van der Waals surface area contributed by atoms with Crippen molar-refractivity contribution in [3.05, 3.63) is 59.4 Å². The van der Waals surface area contributed by atoms with Crippen molar-refractivity contribution in [1.82, 2.24) is 0 Å². The maximum absolute atomic E-state index is 13.6. The Morgan fingerprint density at radius 1 is 1.25 bits per heavy atom. The van der Waals surface area contributed by atoms with Crippen molar-refractivity contribution in [2.75, 3.05) is 7.11 Å². The first-order valence-corrected chi connectivity index (χ1v) is 7.15. The number of thioether (sulfide) groups is 1. The molecule has 0 amide bonds. The van der Waals surface area contributed by atoms with Gasteiger partial charge < -0.3 is 4.74 Å². The van der Waals surface area contributed by atoms with Gasteiger partial charge in [0.25, 0.3) is 0 Å². The maximum Gasteiger partial charge on any atom is 0.165 e. The van der Waals surface area contributed by atoms with Crippen molar-refractivity contribution >= 4 is 17.5 Å². The van der Waals surface area contributed by atoms with Gasteiger partial charge in [0.2, 0.25) is 0 Å². The van der Waals surface area contributed by atoms with E-state index in [4.69, 9.17) is 4.74 Å². The van der Waals surface area contributed by atoms with E-state index in [-0.39, 0.29) is 17.3 Å². The van der Waals surface area contributed by atoms with E-state index in [1.807, 2.05) is 24.3 Å². The molecule has 2 rings (SSSR count). The summed E-state index contributed by atoms with van der Waals surface area (Å²) in [7, 11) is 1.44. The number of carbonyl (C=O) groups is 1. The summed E-state index contributed by atoms with van der Waals surface area (Å²) >= 11 is 1.57. The number of hydrogen-bond donors (Lipinski definition) is 0. The average Bonchev–Trinajstić information content (AvgIpc) is 2.45. The van der Waals surface area contributed by atoms with Gasteiger partial charge in [0.15, 0.2) is 17.3 Å². The first-order valence-electron chi connectivity index (χ1n) is 6.16. The van der Waals surface area contributed by atoms with E-state index in [0.717, 1.165) is 10.5 Å². The number of carbonyl (C=O) groups excluding carboxylic acids is 1. The second-order valence-corrected chi connectivity index (χ2v) is 5.39. The first kappa shape index (κ1) is 14.6. The second kappa shape index (κ2) is 6.57. The molecule has 0 aliphatic heterocycles. The van der Waals surface area contributed by atoms with Crippen LogP contribution in [0.3, 0.4) is 0 Å². The molecule has 2 aromatic carbocycles. The van der Waals surface area contributed by atoms with E-state index in [0.29, 0.717) is 11.3 Å². The number of rotatable bonds is 5. The summed E-state index contributed by atoms with van der Waals surface area (Å²) in [6.07, 6.45) is 0. The molecule has 0 atom stereocenters. The Kier molecular flexibility index (Phi) is 4.79. The summed E-state index contributed by atoms with van der Waals surface area (Å²) < 4.78 is 18.5. The summed E-state index contributed by atoms with van der Waals surface area (Å²) in [6.45, 7) is 1.54. The summed E-state index contributed by atoms with van der Waals surface area (Å²) in [5, 5.41) is 0. The third-order valence-electron chi connectivity index (χ3n) is 2.86. The first-order chi connectivity index (χ1) is 9.60. The summed E-state index contributed by atoms with van der Waals surface area (Å²) in [5.41, 5.74) is 1.57. The van der Waals surface area contributed by atoms with Gasteiger partial charge in [-0.2, -0.15) is 0 Å². The van der Waals surface area contributed by atoms with Gasteiger partial charge in [-0.25, -0.2) is 4.39 Å². The van der Waals surface area contributed by atoms with Gasteiger partial charge >= 0.3 is 0 Å². The Balaban J connectivity index is 2.07. The van der Waals surface area contributed by atoms with E-state index < -0.39 is 0 Å². The van der Waals surface area contributed by atoms with E-state index >= 15 is 0 Å². The molecule has 0 aliphatic carbocycles. The molecule has 0 fully saturated rings. The molecule has 0 aromatic heterocycles. The van der Waals surface area contributed by atoms with Crippen molar-refractivity contribution < 1.29 is 13.9 Å². The van der Waals surface area contributed by atoms with Crippen LogP contribution < -0.4 is 4.74 Å². The minimum Gasteiger partial charge on any atom is -0.494 e. The Morgan fingerprint density at radius 2 is 2.05 bits per heavy atom. The minimum absolute atomic E-state index is 0.0444. The molecule has 0 radical (unpaired) electrons. The van der Waals surface area contributed by atoms with Crippen LogP contribution in [0.2, 0.25) is 0 Å². The maximum atomic E-state index is 13.6. The molecule has 0 N–H and O–H groups in total. The van der Waals surface area contributed by atoms with Gasteiger partial charge in [0.05, 0.1) is 7.11 Å². The number of halogens is 1. The van der Waals surface area contributed by atoms with Crippen molar-refractivity contribution in [2.24, 2.45) is 0 Å². The van der Waals surface area contributed by atoms with Crippen LogP contribution in [0, 0.1) is 5.82 Å². The van der Waals surface area contributed by atoms with Crippen molar-refractivity contribution in [3.63, 3.8) is 0 Å². The zero-order valence-corrected chi connectivity index (χ0v) is 12.2. The normalized spacial score (nSPS) is 10.3. The van der Waals surface area contributed by atoms with Crippen LogP contribution >= 0.6 is 11.8 Å². The third-order valence-corrected chi connectivity index (χ3v) is 3.93. The topological polar surface area (TPSA) is 26.3 Å². The lowest BCUT2D eigenvalue weighted by Gasteiger charge is -2.06. The monoisotopic (exact) mass is 290 g/mol. The van der Waals surface area contributed by atoms with Gasteiger partial charge in [0, 0.05) is 16.2 Å². The van der Waals surface area contributed by atoms with E-state index in [1.165, 1.54) is 13.2 Å². The Morgan fingerprint density at radius 3 is 2.70 bits per heavy atom. The Bertz CT molecular complexity index is 626. The predicted molar refractivity (Wildman–Crippen MR) is 79.0 cm³/mol. The molecule has 0 spiro atoms. The van der Waals surface area contributed by atoms with Crippen molar-refractivity contribution in [1.29, 1.82) is 0 Å². The van der Waals surface area contributed by atoms with E-state index in [1.54, 1.807) is 30.8 Å². The minimum atomic E-state index is -0.358. The number of methoxy groups -OCH3 is 1. The highest BCUT2D eigenvalue weighted by atomic mass is 32.2. The molecule has 0 saturated carbocycles. The van der Waals surface area contributed by atoms with Crippen LogP contribution in [0.25, 0.3) is 0 Å². The molecule has 0 unspecified atom stereocenters. The largest absolute Gasteiger partial charge is 0.494 e. The SMILES string of the molecule is COc1ccc(CSc2cccc(C(C)=O)c2)cc1F. The standard InChI is InChI=1S/C16H15FO2S/c1-11(18)13-4-3-5-14(9-13)20-10-12-6-7-16(19-2)15(17)8-12/h3-9H,10H2,1-2H3. The van der Waals surface area contributed by atoms with Crippen LogP contribution in [0.15, 0.2) is 47.4 Å². The molecule has 4 heteroatoms. The third kappa shape index (κ3) is 3.61. The van der Waals surface area contributed by atoms with Crippen LogP contribution in [-0.4, -0.2) is 12.9 Å². The number of hydrogen-bond acceptors (Lipinski definition) is 3. The molecular formula is C16H15FO2S. The van der Waals surface area contributed by atoms with Gasteiger partial charge in [-0.1, -0.05) is 18.2 Å². The fourth-order valence-electron chi connectivity index (χ4n) is 1.77. The number of benzene rings is 2. The van der Waals surface area contributed by atoms with E-state index in [2.05, 4.69) is 0 Å². The van der Waals surface area contributed by atoms with Crippen LogP contribution in [0.5, 0.6) is 5.75 Å². The van der Waals surface area contributed by atoms with Crippen molar-refractivity contribution in [3.8, 4) is 5.75 Å². The van der Waals surface area contributed by atoms with Gasteiger partial charge in [-0.3, -0.25) is 4.79 Å². The Labute approximate surface area is 122 Å². The lowest BCUT2D eigenvalue weighted by atomic mass is 10.2. The summed E-state index contributed by atoms with van der Waals surface area (Å²) in [4.78, 5) is 12.3. The highest BCUT2D eigenvalue weighted by Crippen LogP contribution is 2.26. The molecule has 0 aliphatic rings. The zero-order valence-electron chi connectivity index (χ0n) is 11.4. The smallest absolute Gasteiger partial charge is 0.165 e. The average molecular weight is 290 g/mol. The quantitative estimate of drug-likeness (QED) is 0.605. The molecule has 0 bridgehead atoms. The van der Waals surface area contributed by atoms with Crippen LogP contribution in [0.4, 0.5) is 4.39 Å². The lowest BCUT2D eigenvalue weighted by molar-refractivity contribution is 0.101. The second-order valence-electron chi connectivity index (χ2n) is 4.34. The highest BCUT2D eigenvalue weighted by Gasteiger charge is 2.05. The molecule has 104 valence electrons. The fourth-order valence-corrected chi connectivity index (χ4v) is 2.67. The number of ketones is 1. The van der Waals surface area contributed by atoms with E-state index in [9.17, 15) is 9.18 Å².